The molecule has 1 aromatic rings. The topological polar surface area (TPSA) is 58.4 Å². The van der Waals surface area contributed by atoms with Crippen LogP contribution in [0.25, 0.3) is 6.08 Å². The van der Waals surface area contributed by atoms with Crippen LogP contribution in [0.15, 0.2) is 30.3 Å². The van der Waals surface area contributed by atoms with Crippen molar-refractivity contribution in [3.05, 3.63) is 35.9 Å². The van der Waals surface area contributed by atoms with Gasteiger partial charge in [-0.25, -0.2) is 0 Å². The van der Waals surface area contributed by atoms with Crippen molar-refractivity contribution in [2.75, 3.05) is 32.9 Å². The minimum atomic E-state index is -0.0643. The average molecular weight is 247 g/mol. The second-order valence-corrected chi connectivity index (χ2v) is 4.45. The summed E-state index contributed by atoms with van der Waals surface area (Å²) in [5, 5.41) is 2.84. The van der Waals surface area contributed by atoms with Crippen LogP contribution in [0.4, 0.5) is 5.69 Å². The number of carbonyl (C=O) groups is 1. The molecule has 3 N–H and O–H groups in total. The van der Waals surface area contributed by atoms with E-state index in [2.05, 4.69) is 10.2 Å². The minimum Gasteiger partial charge on any atom is -0.399 e. The molecular weight excluding hydrogens is 226 g/mol. The Labute approximate surface area is 108 Å². The molecule has 18 heavy (non-hydrogen) atoms. The molecule has 1 amide bonds. The molecule has 0 radical (unpaired) electrons. The molecule has 4 heteroatoms. The molecule has 0 saturated carbocycles. The summed E-state index contributed by atoms with van der Waals surface area (Å²) < 4.78 is 0. The number of nitrogens with zero attached hydrogens (tertiary/aromatic N) is 1. The Hall–Kier alpha value is -1.81. The lowest BCUT2D eigenvalue weighted by Gasteiger charge is -2.08. The SMILES string of the molecule is CN(C)CCCNC(=O)/C=C/c1ccc(N)cc1. The number of rotatable bonds is 6. The maximum Gasteiger partial charge on any atom is 0.243 e. The highest BCUT2D eigenvalue weighted by Gasteiger charge is 1.95. The van der Waals surface area contributed by atoms with Gasteiger partial charge >= 0.3 is 0 Å². The molecule has 0 unspecified atom stereocenters. The van der Waals surface area contributed by atoms with Crippen molar-refractivity contribution in [3.63, 3.8) is 0 Å². The second-order valence-electron chi connectivity index (χ2n) is 4.45. The van der Waals surface area contributed by atoms with Crippen LogP contribution in [-0.4, -0.2) is 38.0 Å². The first-order valence-corrected chi connectivity index (χ1v) is 6.04. The fraction of sp³-hybridized carbons (Fsp3) is 0.357. The second kappa shape index (κ2) is 7.50. The lowest BCUT2D eigenvalue weighted by molar-refractivity contribution is -0.116. The molecule has 4 nitrogen and oxygen atoms in total. The van der Waals surface area contributed by atoms with Crippen LogP contribution in [0, 0.1) is 0 Å². The van der Waals surface area contributed by atoms with E-state index in [0.29, 0.717) is 6.54 Å². The van der Waals surface area contributed by atoms with Crippen molar-refractivity contribution in [1.29, 1.82) is 0 Å². The number of nitrogens with one attached hydrogen (secondary N) is 1. The lowest BCUT2D eigenvalue weighted by Crippen LogP contribution is -2.25. The van der Waals surface area contributed by atoms with Crippen molar-refractivity contribution < 1.29 is 4.79 Å². The molecule has 1 aromatic carbocycles. The van der Waals surface area contributed by atoms with Crippen LogP contribution in [0.2, 0.25) is 0 Å². The van der Waals surface area contributed by atoms with Crippen LogP contribution < -0.4 is 11.1 Å². The fourth-order valence-electron chi connectivity index (χ4n) is 1.44. The van der Waals surface area contributed by atoms with Gasteiger partial charge in [-0.3, -0.25) is 4.79 Å². The van der Waals surface area contributed by atoms with Gasteiger partial charge in [0, 0.05) is 18.3 Å². The van der Waals surface area contributed by atoms with Crippen molar-refractivity contribution in [2.45, 2.75) is 6.42 Å². The van der Waals surface area contributed by atoms with Gasteiger partial charge in [0.15, 0.2) is 0 Å². The van der Waals surface area contributed by atoms with Crippen LogP contribution in [0.5, 0.6) is 0 Å². The van der Waals surface area contributed by atoms with Gasteiger partial charge in [0.1, 0.15) is 0 Å². The molecule has 0 aliphatic heterocycles. The van der Waals surface area contributed by atoms with Crippen molar-refractivity contribution in [3.8, 4) is 0 Å². The van der Waals surface area contributed by atoms with Gasteiger partial charge in [0.2, 0.25) is 5.91 Å². The van der Waals surface area contributed by atoms with Gasteiger partial charge in [-0.1, -0.05) is 12.1 Å². The molecule has 98 valence electrons. The van der Waals surface area contributed by atoms with Gasteiger partial charge in [-0.15, -0.1) is 0 Å². The number of anilines is 1. The van der Waals surface area contributed by atoms with Crippen LogP contribution >= 0.6 is 0 Å². The Morgan fingerprint density at radius 3 is 2.61 bits per heavy atom. The Morgan fingerprint density at radius 2 is 2.00 bits per heavy atom. The smallest absolute Gasteiger partial charge is 0.243 e. The quantitative estimate of drug-likeness (QED) is 0.453. The van der Waals surface area contributed by atoms with E-state index in [0.717, 1.165) is 24.2 Å². The van der Waals surface area contributed by atoms with Gasteiger partial charge in [-0.05, 0) is 50.8 Å². The molecule has 0 aliphatic carbocycles. The molecular formula is C14H21N3O. The molecule has 0 spiro atoms. The molecule has 0 atom stereocenters. The van der Waals surface area contributed by atoms with E-state index in [4.69, 9.17) is 5.73 Å². The van der Waals surface area contributed by atoms with Crippen LogP contribution in [0.3, 0.4) is 0 Å². The van der Waals surface area contributed by atoms with E-state index in [9.17, 15) is 4.79 Å². The normalized spacial score (nSPS) is 11.1. The largest absolute Gasteiger partial charge is 0.399 e. The number of amides is 1. The van der Waals surface area contributed by atoms with E-state index in [1.807, 2.05) is 38.4 Å². The lowest BCUT2D eigenvalue weighted by atomic mass is 10.2. The van der Waals surface area contributed by atoms with Gasteiger partial charge < -0.3 is 16.0 Å². The summed E-state index contributed by atoms with van der Waals surface area (Å²) in [6, 6.07) is 7.39. The van der Waals surface area contributed by atoms with E-state index >= 15 is 0 Å². The molecule has 0 saturated heterocycles. The van der Waals surface area contributed by atoms with Crippen LogP contribution in [0.1, 0.15) is 12.0 Å². The number of hydrogen-bond acceptors (Lipinski definition) is 3. The van der Waals surface area contributed by atoms with Crippen molar-refractivity contribution in [1.82, 2.24) is 10.2 Å². The van der Waals surface area contributed by atoms with Crippen molar-refractivity contribution >= 4 is 17.7 Å². The van der Waals surface area contributed by atoms with Crippen LogP contribution in [-0.2, 0) is 4.79 Å². The number of nitrogen functional groups attached to an aromatic ring is 1. The highest BCUT2D eigenvalue weighted by molar-refractivity contribution is 5.91. The first-order valence-electron chi connectivity index (χ1n) is 6.04. The van der Waals surface area contributed by atoms with E-state index in [1.165, 1.54) is 0 Å². The summed E-state index contributed by atoms with van der Waals surface area (Å²) in [5.74, 6) is -0.0643. The monoisotopic (exact) mass is 247 g/mol. The Bertz CT molecular complexity index is 396. The predicted molar refractivity (Wildman–Crippen MR) is 76.1 cm³/mol. The third kappa shape index (κ3) is 6.06. The van der Waals surface area contributed by atoms with E-state index < -0.39 is 0 Å². The summed E-state index contributed by atoms with van der Waals surface area (Å²) in [7, 11) is 4.03. The molecule has 0 aliphatic rings. The van der Waals surface area contributed by atoms with Crippen molar-refractivity contribution in [2.24, 2.45) is 0 Å². The maximum absolute atomic E-state index is 11.5. The van der Waals surface area contributed by atoms with E-state index in [1.54, 1.807) is 12.2 Å². The minimum absolute atomic E-state index is 0.0643. The number of benzene rings is 1. The zero-order chi connectivity index (χ0) is 13.4. The highest BCUT2D eigenvalue weighted by atomic mass is 16.1. The third-order valence-electron chi connectivity index (χ3n) is 2.44. The Balaban J connectivity index is 2.29. The van der Waals surface area contributed by atoms with E-state index in [-0.39, 0.29) is 5.91 Å². The molecule has 1 rings (SSSR count). The summed E-state index contributed by atoms with van der Waals surface area (Å²) in [5.41, 5.74) is 7.27. The van der Waals surface area contributed by atoms with Gasteiger partial charge in [0.25, 0.3) is 0 Å². The molecule has 0 aromatic heterocycles. The fourth-order valence-corrected chi connectivity index (χ4v) is 1.44. The van der Waals surface area contributed by atoms with Gasteiger partial charge in [-0.2, -0.15) is 0 Å². The zero-order valence-electron chi connectivity index (χ0n) is 11.0. The Morgan fingerprint density at radius 1 is 1.33 bits per heavy atom. The first kappa shape index (κ1) is 14.3. The Kier molecular flexibility index (Phi) is 5.94. The summed E-state index contributed by atoms with van der Waals surface area (Å²) in [6.45, 7) is 1.67. The maximum atomic E-state index is 11.5. The predicted octanol–water partition coefficient (Wildman–Crippen LogP) is 1.35. The summed E-state index contributed by atoms with van der Waals surface area (Å²) in [6.07, 6.45) is 4.27. The summed E-state index contributed by atoms with van der Waals surface area (Å²) >= 11 is 0. The number of hydrogen-bond donors (Lipinski definition) is 2. The third-order valence-corrected chi connectivity index (χ3v) is 2.44. The summed E-state index contributed by atoms with van der Waals surface area (Å²) in [4.78, 5) is 13.6. The van der Waals surface area contributed by atoms with Gasteiger partial charge in [0.05, 0.1) is 0 Å². The average Bonchev–Trinajstić information content (AvgIpc) is 2.34. The molecule has 0 heterocycles. The first-order chi connectivity index (χ1) is 8.58. The molecule has 0 bridgehead atoms. The standard InChI is InChI=1S/C14H21N3O/c1-17(2)11-3-10-16-14(18)9-6-12-4-7-13(15)8-5-12/h4-9H,3,10-11,15H2,1-2H3,(H,16,18)/b9-6+. The number of nitrogens with two attached hydrogens (primary N) is 1. The zero-order valence-corrected chi connectivity index (χ0v) is 11.0. The number of carbonyl (C=O) groups excluding carboxylic acids is 1. The highest BCUT2D eigenvalue weighted by Crippen LogP contribution is 2.06. The molecule has 0 fully saturated rings.